The minimum absolute atomic E-state index is 0.0722. The van der Waals surface area contributed by atoms with E-state index in [0.717, 1.165) is 50.4 Å². The molecule has 3 rings (SSSR count). The van der Waals surface area contributed by atoms with Crippen LogP contribution in [0.3, 0.4) is 0 Å². The summed E-state index contributed by atoms with van der Waals surface area (Å²) >= 11 is 0. The van der Waals surface area contributed by atoms with Crippen LogP contribution in [0.25, 0.3) is 0 Å². The monoisotopic (exact) mass is 780 g/mol. The lowest BCUT2D eigenvalue weighted by atomic mass is 9.78. The number of aryl methyl sites for hydroxylation is 3. The van der Waals surface area contributed by atoms with E-state index in [4.69, 9.17) is 0 Å². The Kier molecular flexibility index (Phi) is 13.6. The van der Waals surface area contributed by atoms with Crippen LogP contribution in [0.15, 0.2) is 36.4 Å². The molecule has 0 radical (unpaired) electrons. The van der Waals surface area contributed by atoms with Gasteiger partial charge in [0, 0.05) is 29.9 Å². The van der Waals surface area contributed by atoms with Gasteiger partial charge in [-0.1, -0.05) is 161 Å². The van der Waals surface area contributed by atoms with Gasteiger partial charge in [0.1, 0.15) is 0 Å². The van der Waals surface area contributed by atoms with E-state index in [0.29, 0.717) is 0 Å². The number of anilines is 3. The Morgan fingerprint density at radius 3 is 0.877 bits per heavy atom. The highest BCUT2D eigenvalue weighted by molar-refractivity contribution is 6.03. The second-order valence-electron chi connectivity index (χ2n) is 22.8. The molecule has 3 N–H and O–H groups in total. The van der Waals surface area contributed by atoms with E-state index in [-0.39, 0.29) is 63.1 Å². The fraction of sp³-hybridized carbons (Fsp3) is 0.588. The summed E-state index contributed by atoms with van der Waals surface area (Å²) in [7, 11) is 0. The molecule has 0 aliphatic rings. The predicted molar refractivity (Wildman–Crippen MR) is 244 cm³/mol. The maximum Gasteiger partial charge on any atom is 0.228 e. The second-order valence-corrected chi connectivity index (χ2v) is 22.8. The lowest BCUT2D eigenvalue weighted by molar-refractivity contribution is -0.127. The maximum atomic E-state index is 14.6. The smallest absolute Gasteiger partial charge is 0.228 e. The van der Waals surface area contributed by atoms with E-state index in [1.807, 2.05) is 20.8 Å². The Hall–Kier alpha value is -3.93. The fourth-order valence-corrected chi connectivity index (χ4v) is 7.24. The summed E-state index contributed by atoms with van der Waals surface area (Å²) < 4.78 is 0. The lowest BCUT2D eigenvalue weighted by Gasteiger charge is -2.30. The number of carbonyl (C=O) groups excluding carboxylic acids is 3. The number of nitrogens with one attached hydrogen (secondary N) is 3. The van der Waals surface area contributed by atoms with Crippen molar-refractivity contribution >= 4 is 34.8 Å². The van der Waals surface area contributed by atoms with Gasteiger partial charge in [0.2, 0.25) is 17.7 Å². The lowest BCUT2D eigenvalue weighted by Crippen LogP contribution is -2.33. The van der Waals surface area contributed by atoms with Crippen LogP contribution in [-0.4, -0.2) is 17.7 Å². The van der Waals surface area contributed by atoms with Gasteiger partial charge < -0.3 is 16.0 Å². The Morgan fingerprint density at radius 1 is 0.404 bits per heavy atom. The molecule has 0 aliphatic carbocycles. The number of amides is 3. The third-order valence-electron chi connectivity index (χ3n) is 11.0. The van der Waals surface area contributed by atoms with Crippen LogP contribution < -0.4 is 16.0 Å². The standard InChI is InChI=1S/C51H77N3O3/c1-30-22-34(46(4,5)6)27-37(49(13,14)15)42(30)52-40(55)25-33(45(57)54-44-32(3)24-36(48(10,11)12)29-39(44)51(19,20)21)26-41(56)53-43-31(2)23-35(47(7,8)9)28-38(43)50(16,17)18/h22-24,27-29,33H,25-26H2,1-21H3,(H,52,55)(H,53,56)(H,54,57). The van der Waals surface area contributed by atoms with Crippen LogP contribution in [0, 0.1) is 26.7 Å². The van der Waals surface area contributed by atoms with Crippen LogP contribution in [0.1, 0.15) is 188 Å². The van der Waals surface area contributed by atoms with Gasteiger partial charge in [0.25, 0.3) is 0 Å². The normalized spacial score (nSPS) is 13.2. The SMILES string of the molecule is Cc1cc(C(C)(C)C)cc(C(C)(C)C)c1NC(=O)CC(CC(=O)Nc1c(C)cc(C(C)(C)C)cc1C(C)(C)C)C(=O)Nc1c(C)cc(C(C)(C)C)cc1C(C)(C)C. The van der Waals surface area contributed by atoms with Crippen molar-refractivity contribution in [2.45, 2.75) is 191 Å². The van der Waals surface area contributed by atoms with Gasteiger partial charge in [-0.25, -0.2) is 0 Å². The maximum absolute atomic E-state index is 14.6. The molecule has 0 saturated carbocycles. The van der Waals surface area contributed by atoms with Crippen molar-refractivity contribution in [3.63, 3.8) is 0 Å². The van der Waals surface area contributed by atoms with Crippen molar-refractivity contribution < 1.29 is 14.4 Å². The molecule has 0 heterocycles. The number of hydrogen-bond acceptors (Lipinski definition) is 3. The van der Waals surface area contributed by atoms with Crippen molar-refractivity contribution in [1.82, 2.24) is 0 Å². The number of carbonyl (C=O) groups is 3. The molecule has 0 spiro atoms. The van der Waals surface area contributed by atoms with Gasteiger partial charge in [-0.2, -0.15) is 0 Å². The third kappa shape index (κ3) is 12.1. The fourth-order valence-electron chi connectivity index (χ4n) is 7.24. The minimum atomic E-state index is -0.945. The zero-order valence-corrected chi connectivity index (χ0v) is 39.7. The molecule has 314 valence electrons. The van der Waals surface area contributed by atoms with Crippen molar-refractivity contribution in [3.05, 3.63) is 86.5 Å². The molecule has 6 nitrogen and oxygen atoms in total. The minimum Gasteiger partial charge on any atom is -0.326 e. The molecule has 0 bridgehead atoms. The summed E-state index contributed by atoms with van der Waals surface area (Å²) in [6.07, 6.45) is -0.331. The molecular weight excluding hydrogens is 703 g/mol. The molecule has 0 unspecified atom stereocenters. The van der Waals surface area contributed by atoms with Gasteiger partial charge in [0.05, 0.1) is 5.92 Å². The van der Waals surface area contributed by atoms with Crippen molar-refractivity contribution in [2.75, 3.05) is 16.0 Å². The van der Waals surface area contributed by atoms with Crippen LogP contribution >= 0.6 is 0 Å². The molecule has 3 aromatic carbocycles. The molecule has 57 heavy (non-hydrogen) atoms. The Bertz CT molecular complexity index is 1890. The zero-order chi connectivity index (χ0) is 44.0. The average molecular weight is 780 g/mol. The van der Waals surface area contributed by atoms with Crippen LogP contribution in [0.4, 0.5) is 17.1 Å². The second kappa shape index (κ2) is 16.4. The quantitative estimate of drug-likeness (QED) is 0.213. The molecule has 0 atom stereocenters. The zero-order valence-electron chi connectivity index (χ0n) is 39.7. The summed E-state index contributed by atoms with van der Waals surface area (Å²) in [5.41, 5.74) is 10.8. The molecule has 3 aromatic rings. The highest BCUT2D eigenvalue weighted by Crippen LogP contribution is 2.40. The van der Waals surface area contributed by atoms with E-state index in [2.05, 4.69) is 177 Å². The molecule has 0 aromatic heterocycles. The topological polar surface area (TPSA) is 87.3 Å². The first-order valence-electron chi connectivity index (χ1n) is 20.9. The van der Waals surface area contributed by atoms with Crippen molar-refractivity contribution in [2.24, 2.45) is 5.92 Å². The predicted octanol–water partition coefficient (Wildman–Crippen LogP) is 13.0. The molecule has 0 aliphatic heterocycles. The van der Waals surface area contributed by atoms with Crippen molar-refractivity contribution in [1.29, 1.82) is 0 Å². The Balaban J connectivity index is 2.13. The van der Waals surface area contributed by atoms with E-state index >= 15 is 0 Å². The van der Waals surface area contributed by atoms with Gasteiger partial charge in [0.15, 0.2) is 0 Å². The Morgan fingerprint density at radius 2 is 0.649 bits per heavy atom. The van der Waals surface area contributed by atoms with E-state index in [9.17, 15) is 14.4 Å². The molecule has 3 amide bonds. The first kappa shape index (κ1) is 47.4. The van der Waals surface area contributed by atoms with Gasteiger partial charge in [-0.15, -0.1) is 0 Å². The van der Waals surface area contributed by atoms with Crippen LogP contribution in [-0.2, 0) is 46.9 Å². The average Bonchev–Trinajstić information content (AvgIpc) is 3.00. The van der Waals surface area contributed by atoms with Gasteiger partial charge in [-0.05, 0) is 103 Å². The van der Waals surface area contributed by atoms with Crippen LogP contribution in [0.2, 0.25) is 0 Å². The molecule has 0 fully saturated rings. The molecular formula is C51H77N3O3. The molecule has 0 saturated heterocycles. The number of benzene rings is 3. The van der Waals surface area contributed by atoms with E-state index < -0.39 is 5.92 Å². The van der Waals surface area contributed by atoms with E-state index in [1.165, 1.54) is 16.7 Å². The highest BCUT2D eigenvalue weighted by atomic mass is 16.2. The third-order valence-corrected chi connectivity index (χ3v) is 11.0. The molecule has 6 heteroatoms. The van der Waals surface area contributed by atoms with Crippen molar-refractivity contribution in [3.8, 4) is 0 Å². The van der Waals surface area contributed by atoms with Crippen LogP contribution in [0.5, 0.6) is 0 Å². The first-order chi connectivity index (χ1) is 25.5. The summed E-state index contributed by atoms with van der Waals surface area (Å²) in [4.78, 5) is 43.1. The Labute approximate surface area is 347 Å². The summed E-state index contributed by atoms with van der Waals surface area (Å²) in [5, 5.41) is 9.68. The van der Waals surface area contributed by atoms with Gasteiger partial charge in [-0.3, -0.25) is 14.4 Å². The first-order valence-corrected chi connectivity index (χ1v) is 20.9. The highest BCUT2D eigenvalue weighted by Gasteiger charge is 2.32. The number of rotatable bonds is 8. The summed E-state index contributed by atoms with van der Waals surface area (Å²) in [6.45, 7) is 45.1. The summed E-state index contributed by atoms with van der Waals surface area (Å²) in [6, 6.07) is 13.0. The largest absolute Gasteiger partial charge is 0.326 e. The summed E-state index contributed by atoms with van der Waals surface area (Å²) in [5.74, 6) is -1.92. The van der Waals surface area contributed by atoms with Gasteiger partial charge >= 0.3 is 0 Å². The number of hydrogen-bond donors (Lipinski definition) is 3. The van der Waals surface area contributed by atoms with E-state index in [1.54, 1.807) is 0 Å².